The number of nitrogens with zero attached hydrogens (tertiary/aromatic N) is 1. The molecule has 0 atom stereocenters. The number of amides is 1. The summed E-state index contributed by atoms with van der Waals surface area (Å²) in [6, 6.07) is 7.63. The van der Waals surface area contributed by atoms with E-state index in [1.165, 1.54) is 0 Å². The van der Waals surface area contributed by atoms with Crippen LogP contribution >= 0.6 is 11.6 Å². The first-order chi connectivity index (χ1) is 8.67. The number of benzene rings is 1. The zero-order valence-corrected chi connectivity index (χ0v) is 11.8. The molecule has 0 saturated carbocycles. The maximum absolute atomic E-state index is 12.0. The Morgan fingerprint density at radius 3 is 2.78 bits per heavy atom. The topological polar surface area (TPSA) is 32.3 Å². The number of hydrogen-bond acceptors (Lipinski definition) is 2. The molecule has 0 saturated heterocycles. The van der Waals surface area contributed by atoms with E-state index in [4.69, 9.17) is 11.6 Å². The molecule has 0 unspecified atom stereocenters. The molecule has 0 aliphatic carbocycles. The monoisotopic (exact) mass is 268 g/mol. The summed E-state index contributed by atoms with van der Waals surface area (Å²) in [5, 5.41) is 3.84. The fourth-order valence-corrected chi connectivity index (χ4v) is 1.93. The first-order valence-corrected chi connectivity index (χ1v) is 6.78. The van der Waals surface area contributed by atoms with Crippen molar-refractivity contribution in [2.24, 2.45) is 0 Å². The molecule has 18 heavy (non-hydrogen) atoms. The van der Waals surface area contributed by atoms with Crippen molar-refractivity contribution in [2.45, 2.75) is 26.8 Å². The van der Waals surface area contributed by atoms with E-state index in [9.17, 15) is 4.79 Å². The van der Waals surface area contributed by atoms with Gasteiger partial charge in [-0.25, -0.2) is 0 Å². The second kappa shape index (κ2) is 8.11. The average molecular weight is 269 g/mol. The predicted molar refractivity (Wildman–Crippen MR) is 75.7 cm³/mol. The summed E-state index contributed by atoms with van der Waals surface area (Å²) < 4.78 is 0. The van der Waals surface area contributed by atoms with Crippen molar-refractivity contribution in [1.82, 2.24) is 10.2 Å². The third-order valence-corrected chi connectivity index (χ3v) is 2.93. The smallest absolute Gasteiger partial charge is 0.236 e. The number of hydrogen-bond donors (Lipinski definition) is 1. The Balaban J connectivity index is 2.53. The van der Waals surface area contributed by atoms with Crippen molar-refractivity contribution in [3.63, 3.8) is 0 Å². The minimum Gasteiger partial charge on any atom is -0.338 e. The van der Waals surface area contributed by atoms with Gasteiger partial charge in [0.15, 0.2) is 0 Å². The van der Waals surface area contributed by atoms with Gasteiger partial charge in [0.05, 0.1) is 6.54 Å². The van der Waals surface area contributed by atoms with Crippen LogP contribution in [-0.4, -0.2) is 30.4 Å². The molecule has 0 heterocycles. The van der Waals surface area contributed by atoms with Crippen LogP contribution in [0.2, 0.25) is 5.02 Å². The lowest BCUT2D eigenvalue weighted by molar-refractivity contribution is -0.130. The molecule has 0 aliphatic rings. The van der Waals surface area contributed by atoms with Crippen molar-refractivity contribution in [2.75, 3.05) is 19.6 Å². The highest BCUT2D eigenvalue weighted by Gasteiger charge is 2.11. The van der Waals surface area contributed by atoms with Crippen LogP contribution in [-0.2, 0) is 11.3 Å². The lowest BCUT2D eigenvalue weighted by Gasteiger charge is -2.21. The molecular weight excluding hydrogens is 248 g/mol. The minimum atomic E-state index is 0.130. The molecule has 1 N–H and O–H groups in total. The summed E-state index contributed by atoms with van der Waals surface area (Å²) in [5.74, 6) is 0.130. The summed E-state index contributed by atoms with van der Waals surface area (Å²) in [5.41, 5.74) is 1.06. The first-order valence-electron chi connectivity index (χ1n) is 6.40. The molecular formula is C14H21ClN2O. The Labute approximate surface area is 114 Å². The molecule has 1 rings (SSSR count). The fourth-order valence-electron chi connectivity index (χ4n) is 1.72. The number of rotatable bonds is 7. The van der Waals surface area contributed by atoms with Gasteiger partial charge in [0, 0.05) is 18.1 Å². The van der Waals surface area contributed by atoms with E-state index >= 15 is 0 Å². The zero-order chi connectivity index (χ0) is 13.4. The summed E-state index contributed by atoms with van der Waals surface area (Å²) in [6.45, 7) is 6.68. The number of likely N-dealkylation sites (N-methyl/N-ethyl adjacent to an activating group) is 1. The van der Waals surface area contributed by atoms with Crippen LogP contribution in [0, 0.1) is 0 Å². The molecule has 1 aromatic rings. The van der Waals surface area contributed by atoms with Crippen LogP contribution in [0.5, 0.6) is 0 Å². The number of nitrogens with one attached hydrogen (secondary N) is 1. The second-order valence-corrected chi connectivity index (χ2v) is 4.65. The molecule has 0 aliphatic heterocycles. The van der Waals surface area contributed by atoms with Crippen molar-refractivity contribution >= 4 is 17.5 Å². The van der Waals surface area contributed by atoms with E-state index in [-0.39, 0.29) is 5.91 Å². The van der Waals surface area contributed by atoms with Crippen LogP contribution in [0.1, 0.15) is 25.8 Å². The van der Waals surface area contributed by atoms with Gasteiger partial charge in [0.1, 0.15) is 0 Å². The third-order valence-electron chi connectivity index (χ3n) is 2.70. The fraction of sp³-hybridized carbons (Fsp3) is 0.500. The molecule has 100 valence electrons. The van der Waals surface area contributed by atoms with Crippen molar-refractivity contribution in [3.05, 3.63) is 34.9 Å². The molecule has 0 radical (unpaired) electrons. The normalized spacial score (nSPS) is 10.4. The summed E-state index contributed by atoms with van der Waals surface area (Å²) in [6.07, 6.45) is 1.04. The van der Waals surface area contributed by atoms with E-state index < -0.39 is 0 Å². The van der Waals surface area contributed by atoms with Gasteiger partial charge >= 0.3 is 0 Å². The largest absolute Gasteiger partial charge is 0.338 e. The van der Waals surface area contributed by atoms with Gasteiger partial charge in [0.25, 0.3) is 0 Å². The third kappa shape index (κ3) is 5.07. The van der Waals surface area contributed by atoms with Gasteiger partial charge < -0.3 is 10.2 Å². The van der Waals surface area contributed by atoms with Gasteiger partial charge in [0.2, 0.25) is 5.91 Å². The van der Waals surface area contributed by atoms with Gasteiger partial charge in [-0.05, 0) is 37.6 Å². The van der Waals surface area contributed by atoms with Gasteiger partial charge in [-0.1, -0.05) is 30.7 Å². The first kappa shape index (κ1) is 15.0. The lowest BCUT2D eigenvalue weighted by Crippen LogP contribution is -2.37. The molecule has 0 fully saturated rings. The Kier molecular flexibility index (Phi) is 6.76. The quantitative estimate of drug-likeness (QED) is 0.771. The maximum Gasteiger partial charge on any atom is 0.236 e. The minimum absolute atomic E-state index is 0.130. The Morgan fingerprint density at radius 2 is 2.17 bits per heavy atom. The van der Waals surface area contributed by atoms with Crippen molar-refractivity contribution in [1.29, 1.82) is 0 Å². The van der Waals surface area contributed by atoms with E-state index in [1.54, 1.807) is 0 Å². The highest BCUT2D eigenvalue weighted by atomic mass is 35.5. The lowest BCUT2D eigenvalue weighted by atomic mass is 10.2. The highest BCUT2D eigenvalue weighted by molar-refractivity contribution is 6.30. The molecule has 1 aromatic carbocycles. The van der Waals surface area contributed by atoms with Crippen LogP contribution in [0.4, 0.5) is 0 Å². The zero-order valence-electron chi connectivity index (χ0n) is 11.1. The summed E-state index contributed by atoms with van der Waals surface area (Å²) >= 11 is 5.94. The second-order valence-electron chi connectivity index (χ2n) is 4.21. The number of carbonyl (C=O) groups excluding carboxylic acids is 1. The number of carbonyl (C=O) groups is 1. The molecule has 1 amide bonds. The van der Waals surface area contributed by atoms with Crippen LogP contribution < -0.4 is 5.32 Å². The Bertz CT molecular complexity index is 382. The molecule has 4 heteroatoms. The van der Waals surface area contributed by atoms with E-state index in [0.29, 0.717) is 24.7 Å². The molecule has 0 spiro atoms. The standard InChI is InChI=1S/C14H21ClN2O/c1-3-8-16-10-14(18)17(4-2)11-12-6-5-7-13(15)9-12/h5-7,9,16H,3-4,8,10-11H2,1-2H3. The van der Waals surface area contributed by atoms with E-state index in [0.717, 1.165) is 18.5 Å². The van der Waals surface area contributed by atoms with Gasteiger partial charge in [-0.15, -0.1) is 0 Å². The van der Waals surface area contributed by atoms with E-state index in [1.807, 2.05) is 36.1 Å². The van der Waals surface area contributed by atoms with Gasteiger partial charge in [-0.2, -0.15) is 0 Å². The Morgan fingerprint density at radius 1 is 1.39 bits per heavy atom. The van der Waals surface area contributed by atoms with Crippen LogP contribution in [0.25, 0.3) is 0 Å². The average Bonchev–Trinajstić information content (AvgIpc) is 2.36. The van der Waals surface area contributed by atoms with Crippen LogP contribution in [0.15, 0.2) is 24.3 Å². The maximum atomic E-state index is 12.0. The van der Waals surface area contributed by atoms with Gasteiger partial charge in [-0.3, -0.25) is 4.79 Å². The summed E-state index contributed by atoms with van der Waals surface area (Å²) in [7, 11) is 0. The predicted octanol–water partition coefficient (Wildman–Crippen LogP) is 2.69. The Hall–Kier alpha value is -1.06. The molecule has 0 aromatic heterocycles. The van der Waals surface area contributed by atoms with Crippen molar-refractivity contribution < 1.29 is 4.79 Å². The molecule has 3 nitrogen and oxygen atoms in total. The SMILES string of the molecule is CCCNCC(=O)N(CC)Cc1cccc(Cl)c1. The highest BCUT2D eigenvalue weighted by Crippen LogP contribution is 2.12. The van der Waals surface area contributed by atoms with Crippen LogP contribution in [0.3, 0.4) is 0 Å². The van der Waals surface area contributed by atoms with Crippen molar-refractivity contribution in [3.8, 4) is 0 Å². The van der Waals surface area contributed by atoms with E-state index in [2.05, 4.69) is 12.2 Å². The summed E-state index contributed by atoms with van der Waals surface area (Å²) in [4.78, 5) is 13.8. The molecule has 0 bridgehead atoms. The number of halogens is 1.